The summed E-state index contributed by atoms with van der Waals surface area (Å²) in [4.78, 5) is 3.99. The summed E-state index contributed by atoms with van der Waals surface area (Å²) in [5, 5.41) is -0.0993. The summed E-state index contributed by atoms with van der Waals surface area (Å²) in [7, 11) is -11.8. The maximum Gasteiger partial charge on any atom is 0.534 e. The van der Waals surface area contributed by atoms with E-state index in [0.29, 0.717) is 0 Å². The molecule has 0 spiro atoms. The van der Waals surface area contributed by atoms with Gasteiger partial charge in [-0.25, -0.2) is 0 Å². The Balaban J connectivity index is 2.01. The largest absolute Gasteiger partial charge is 0.534 e. The zero-order valence-electron chi connectivity index (χ0n) is 15.2. The second kappa shape index (κ2) is 7.81. The van der Waals surface area contributed by atoms with E-state index in [1.54, 1.807) is 0 Å². The van der Waals surface area contributed by atoms with E-state index >= 15 is 0 Å². The van der Waals surface area contributed by atoms with Gasteiger partial charge in [-0.15, -0.1) is 0 Å². The molecule has 2 aromatic carbocycles. The van der Waals surface area contributed by atoms with Crippen molar-refractivity contribution in [2.75, 3.05) is 0 Å². The number of nitrogens with zero attached hydrogens (tertiary/aromatic N) is 1. The lowest BCUT2D eigenvalue weighted by molar-refractivity contribution is -0.0504. The van der Waals surface area contributed by atoms with Crippen LogP contribution in [0.4, 0.5) is 26.3 Å². The van der Waals surface area contributed by atoms with E-state index in [2.05, 4.69) is 13.4 Å². The Morgan fingerprint density at radius 1 is 0.719 bits per heavy atom. The molecule has 0 radical (unpaired) electrons. The van der Waals surface area contributed by atoms with Crippen molar-refractivity contribution < 1.29 is 51.5 Å². The molecule has 1 heterocycles. The first-order valence-corrected chi connectivity index (χ1v) is 10.9. The van der Waals surface area contributed by atoms with Crippen molar-refractivity contribution in [1.29, 1.82) is 0 Å². The van der Waals surface area contributed by atoms with Gasteiger partial charge in [-0.2, -0.15) is 43.2 Å². The number of fused-ring (bicyclic) bond motifs is 1. The lowest BCUT2D eigenvalue weighted by atomic mass is 10.0. The van der Waals surface area contributed by atoms with Gasteiger partial charge in [0.25, 0.3) is 0 Å². The van der Waals surface area contributed by atoms with Crippen molar-refractivity contribution in [1.82, 2.24) is 4.98 Å². The highest BCUT2D eigenvalue weighted by molar-refractivity contribution is 7.88. The number of rotatable bonds is 5. The number of halogens is 6. The Kier molecular flexibility index (Phi) is 5.76. The van der Waals surface area contributed by atoms with Crippen molar-refractivity contribution in [3.63, 3.8) is 0 Å². The smallest absolute Gasteiger partial charge is 0.376 e. The van der Waals surface area contributed by atoms with Crippen LogP contribution in [0.2, 0.25) is 0 Å². The summed E-state index contributed by atoms with van der Waals surface area (Å²) < 4.78 is 128. The highest BCUT2D eigenvalue weighted by Crippen LogP contribution is 2.36. The van der Waals surface area contributed by atoms with Gasteiger partial charge in [0.15, 0.2) is 5.75 Å². The summed E-state index contributed by atoms with van der Waals surface area (Å²) in [6.45, 7) is 0. The molecule has 0 unspecified atom stereocenters. The predicted octanol–water partition coefficient (Wildman–Crippen LogP) is 4.36. The molecule has 0 bridgehead atoms. The molecule has 0 saturated heterocycles. The molecule has 0 amide bonds. The van der Waals surface area contributed by atoms with E-state index in [1.807, 2.05) is 0 Å². The van der Waals surface area contributed by atoms with Crippen LogP contribution in [0.15, 0.2) is 54.7 Å². The fraction of sp³-hybridized carbons (Fsp3) is 0.118. The Bertz CT molecular complexity index is 1370. The van der Waals surface area contributed by atoms with Gasteiger partial charge in [0.05, 0.1) is 5.52 Å². The van der Waals surface area contributed by atoms with Crippen LogP contribution in [0.3, 0.4) is 0 Å². The molecule has 32 heavy (non-hydrogen) atoms. The molecule has 0 saturated carbocycles. The first-order valence-electron chi connectivity index (χ1n) is 8.12. The highest BCUT2D eigenvalue weighted by atomic mass is 32.2. The van der Waals surface area contributed by atoms with Crippen molar-refractivity contribution in [3.8, 4) is 22.6 Å². The third kappa shape index (κ3) is 4.57. The third-order valence-corrected chi connectivity index (χ3v) is 5.81. The second-order valence-corrected chi connectivity index (χ2v) is 9.08. The fourth-order valence-corrected chi connectivity index (χ4v) is 3.42. The van der Waals surface area contributed by atoms with Crippen molar-refractivity contribution in [3.05, 3.63) is 54.7 Å². The lowest BCUT2D eigenvalue weighted by Gasteiger charge is -2.13. The van der Waals surface area contributed by atoms with Crippen LogP contribution in [0.1, 0.15) is 0 Å². The maximum absolute atomic E-state index is 12.6. The van der Waals surface area contributed by atoms with Gasteiger partial charge in [-0.1, -0.05) is 12.1 Å². The Morgan fingerprint density at radius 3 is 1.84 bits per heavy atom. The second-order valence-electron chi connectivity index (χ2n) is 6.00. The fourth-order valence-electron chi connectivity index (χ4n) is 2.48. The molecule has 0 aliphatic rings. The van der Waals surface area contributed by atoms with Gasteiger partial charge in [0.1, 0.15) is 5.75 Å². The quantitative estimate of drug-likeness (QED) is 0.291. The van der Waals surface area contributed by atoms with Crippen LogP contribution >= 0.6 is 0 Å². The molecular weight excluding hydrogens is 492 g/mol. The van der Waals surface area contributed by atoms with Crippen molar-refractivity contribution in [2.24, 2.45) is 0 Å². The molecule has 7 nitrogen and oxygen atoms in total. The number of benzene rings is 2. The van der Waals surface area contributed by atoms with Crippen LogP contribution < -0.4 is 8.37 Å². The van der Waals surface area contributed by atoms with Gasteiger partial charge in [-0.3, -0.25) is 4.98 Å². The zero-order valence-corrected chi connectivity index (χ0v) is 16.8. The number of pyridine rings is 1. The molecule has 1 aromatic heterocycles. The summed E-state index contributed by atoms with van der Waals surface area (Å²) in [5.74, 6) is -1.29. The first kappa shape index (κ1) is 23.6. The predicted molar refractivity (Wildman–Crippen MR) is 98.4 cm³/mol. The Morgan fingerprint density at radius 2 is 1.28 bits per heavy atom. The number of alkyl halides is 6. The first-order chi connectivity index (χ1) is 14.6. The molecule has 0 atom stereocenters. The van der Waals surface area contributed by atoms with E-state index in [-0.39, 0.29) is 22.0 Å². The SMILES string of the molecule is O=S(=O)(Oc1ccc(-c2ccc(OS(=O)(=O)C(F)(F)F)c3cccnc23)cc1)C(F)(F)F. The van der Waals surface area contributed by atoms with E-state index in [0.717, 1.165) is 18.2 Å². The molecule has 3 aromatic rings. The summed E-state index contributed by atoms with van der Waals surface area (Å²) in [5.41, 5.74) is -10.8. The van der Waals surface area contributed by atoms with Crippen LogP contribution in [0.25, 0.3) is 22.0 Å². The molecule has 172 valence electrons. The summed E-state index contributed by atoms with van der Waals surface area (Å²) in [6.07, 6.45) is 1.27. The Labute approximate surface area is 176 Å². The molecule has 3 rings (SSSR count). The van der Waals surface area contributed by atoms with Gasteiger partial charge in [0.2, 0.25) is 0 Å². The molecule has 0 fully saturated rings. The third-order valence-electron chi connectivity index (χ3n) is 3.87. The van der Waals surface area contributed by atoms with Gasteiger partial charge in [-0.05, 0) is 42.0 Å². The summed E-state index contributed by atoms with van der Waals surface area (Å²) >= 11 is 0. The normalized spacial score (nSPS) is 13.2. The average molecular weight is 501 g/mol. The van der Waals surface area contributed by atoms with Gasteiger partial charge < -0.3 is 8.37 Å². The minimum Gasteiger partial charge on any atom is -0.376 e. The number of aromatic nitrogens is 1. The van der Waals surface area contributed by atoms with Crippen LogP contribution in [-0.4, -0.2) is 32.8 Å². The number of hydrogen-bond donors (Lipinski definition) is 0. The zero-order chi connectivity index (χ0) is 23.9. The minimum atomic E-state index is -5.95. The van der Waals surface area contributed by atoms with E-state index in [4.69, 9.17) is 0 Å². The van der Waals surface area contributed by atoms with Gasteiger partial charge in [0, 0.05) is 17.1 Å². The van der Waals surface area contributed by atoms with Crippen LogP contribution in [-0.2, 0) is 20.2 Å². The highest BCUT2D eigenvalue weighted by Gasteiger charge is 2.49. The average Bonchev–Trinajstić information content (AvgIpc) is 2.67. The van der Waals surface area contributed by atoms with Gasteiger partial charge >= 0.3 is 31.3 Å². The van der Waals surface area contributed by atoms with Crippen molar-refractivity contribution >= 4 is 31.1 Å². The molecule has 0 aliphatic carbocycles. The molecule has 15 heteroatoms. The Hall–Kier alpha value is -3.07. The lowest BCUT2D eigenvalue weighted by Crippen LogP contribution is -2.28. The maximum atomic E-state index is 12.6. The monoisotopic (exact) mass is 501 g/mol. The van der Waals surface area contributed by atoms with Crippen LogP contribution in [0.5, 0.6) is 11.5 Å². The van der Waals surface area contributed by atoms with Crippen molar-refractivity contribution in [2.45, 2.75) is 11.0 Å². The standard InChI is InChI=1S/C17H9F6NO6S2/c18-16(19,20)31(25,26)29-11-5-3-10(4-6-11)12-7-8-14(13-2-1-9-24-15(12)13)30-32(27,28)17(21,22)23/h1-9H. The summed E-state index contributed by atoms with van der Waals surface area (Å²) in [6, 6.07) is 8.89. The van der Waals surface area contributed by atoms with E-state index < -0.39 is 42.8 Å². The van der Waals surface area contributed by atoms with Crippen LogP contribution in [0, 0.1) is 0 Å². The minimum absolute atomic E-state index is 0.0129. The topological polar surface area (TPSA) is 99.6 Å². The molecule has 0 aliphatic heterocycles. The molecule has 0 N–H and O–H groups in total. The number of hydrogen-bond acceptors (Lipinski definition) is 7. The van der Waals surface area contributed by atoms with E-state index in [1.165, 1.54) is 36.5 Å². The molecular formula is C17H9F6NO6S2. The van der Waals surface area contributed by atoms with E-state index in [9.17, 15) is 43.2 Å².